The van der Waals surface area contributed by atoms with E-state index >= 15 is 0 Å². The van der Waals surface area contributed by atoms with Crippen molar-refractivity contribution in [3.63, 3.8) is 0 Å². The Labute approximate surface area is 150 Å². The fraction of sp³-hybridized carbons (Fsp3) is 0.737. The van der Waals surface area contributed by atoms with E-state index in [2.05, 4.69) is 22.7 Å². The number of imidazole rings is 1. The zero-order valence-corrected chi connectivity index (χ0v) is 15.3. The summed E-state index contributed by atoms with van der Waals surface area (Å²) in [5.41, 5.74) is 0. The first kappa shape index (κ1) is 18.0. The van der Waals surface area contributed by atoms with Gasteiger partial charge in [0.15, 0.2) is 0 Å². The second-order valence-electron chi connectivity index (χ2n) is 7.25. The third kappa shape index (κ3) is 4.41. The molecule has 2 saturated heterocycles. The lowest BCUT2D eigenvalue weighted by atomic mass is 9.96. The van der Waals surface area contributed by atoms with Gasteiger partial charge in [-0.2, -0.15) is 0 Å². The Morgan fingerprint density at radius 2 is 2.16 bits per heavy atom. The van der Waals surface area contributed by atoms with Gasteiger partial charge in [-0.3, -0.25) is 9.59 Å². The lowest BCUT2D eigenvalue weighted by Crippen LogP contribution is -2.41. The molecular weight excluding hydrogens is 316 g/mol. The number of carbonyl (C=O) groups excluding carboxylic acids is 2. The average Bonchev–Trinajstić information content (AvgIpc) is 3.26. The summed E-state index contributed by atoms with van der Waals surface area (Å²) in [4.78, 5) is 32.7. The van der Waals surface area contributed by atoms with Crippen LogP contribution >= 0.6 is 0 Å². The maximum atomic E-state index is 12.6. The minimum Gasteiger partial charge on any atom is -0.342 e. The zero-order chi connectivity index (χ0) is 17.6. The van der Waals surface area contributed by atoms with Crippen LogP contribution in [0.3, 0.4) is 0 Å². The summed E-state index contributed by atoms with van der Waals surface area (Å²) in [7, 11) is 0. The number of amides is 2. The SMILES string of the molecule is CCCCn1ccnc1[C@H]1CCCN(C(=O)CCN2CCCC2=O)C1. The molecule has 6 heteroatoms. The van der Waals surface area contributed by atoms with E-state index in [0.717, 1.165) is 57.7 Å². The third-order valence-corrected chi connectivity index (χ3v) is 5.41. The second-order valence-corrected chi connectivity index (χ2v) is 7.25. The number of carbonyl (C=O) groups is 2. The lowest BCUT2D eigenvalue weighted by Gasteiger charge is -2.33. The van der Waals surface area contributed by atoms with Crippen LogP contribution in [-0.4, -0.2) is 57.3 Å². The molecule has 138 valence electrons. The lowest BCUT2D eigenvalue weighted by molar-refractivity contribution is -0.133. The van der Waals surface area contributed by atoms with Gasteiger partial charge < -0.3 is 14.4 Å². The molecule has 2 fully saturated rings. The van der Waals surface area contributed by atoms with Crippen LogP contribution < -0.4 is 0 Å². The van der Waals surface area contributed by atoms with Gasteiger partial charge in [-0.05, 0) is 25.7 Å². The maximum absolute atomic E-state index is 12.6. The van der Waals surface area contributed by atoms with Crippen LogP contribution in [0.5, 0.6) is 0 Å². The van der Waals surface area contributed by atoms with E-state index in [0.29, 0.717) is 25.3 Å². The molecule has 1 atom stereocenters. The molecule has 1 aromatic rings. The second kappa shape index (κ2) is 8.50. The Kier molecular flexibility index (Phi) is 6.10. The minimum atomic E-state index is 0.177. The normalized spacial score (nSPS) is 21.2. The topological polar surface area (TPSA) is 58.4 Å². The molecule has 0 unspecified atom stereocenters. The summed E-state index contributed by atoms with van der Waals surface area (Å²) in [5.74, 6) is 1.83. The van der Waals surface area contributed by atoms with E-state index in [1.807, 2.05) is 16.0 Å². The third-order valence-electron chi connectivity index (χ3n) is 5.41. The molecule has 2 aliphatic heterocycles. The van der Waals surface area contributed by atoms with E-state index in [1.165, 1.54) is 6.42 Å². The van der Waals surface area contributed by atoms with Crippen molar-refractivity contribution in [2.75, 3.05) is 26.2 Å². The highest BCUT2D eigenvalue weighted by Gasteiger charge is 2.28. The van der Waals surface area contributed by atoms with Crippen LogP contribution in [0.25, 0.3) is 0 Å². The van der Waals surface area contributed by atoms with Gasteiger partial charge in [-0.1, -0.05) is 13.3 Å². The average molecular weight is 346 g/mol. The molecule has 0 aromatic carbocycles. The zero-order valence-electron chi connectivity index (χ0n) is 15.3. The van der Waals surface area contributed by atoms with Gasteiger partial charge in [-0.15, -0.1) is 0 Å². The van der Waals surface area contributed by atoms with E-state index < -0.39 is 0 Å². The van der Waals surface area contributed by atoms with Crippen LogP contribution in [0.2, 0.25) is 0 Å². The Hall–Kier alpha value is -1.85. The van der Waals surface area contributed by atoms with Crippen molar-refractivity contribution in [2.24, 2.45) is 0 Å². The van der Waals surface area contributed by atoms with Crippen molar-refractivity contribution >= 4 is 11.8 Å². The van der Waals surface area contributed by atoms with Crippen LogP contribution in [0.15, 0.2) is 12.4 Å². The number of aryl methyl sites for hydroxylation is 1. The molecule has 0 radical (unpaired) electrons. The summed E-state index contributed by atoms with van der Waals surface area (Å²) in [6, 6.07) is 0. The monoisotopic (exact) mass is 346 g/mol. The number of nitrogens with zero attached hydrogens (tertiary/aromatic N) is 4. The Morgan fingerprint density at radius 3 is 2.92 bits per heavy atom. The highest BCUT2D eigenvalue weighted by molar-refractivity contribution is 5.80. The van der Waals surface area contributed by atoms with Crippen LogP contribution in [0.4, 0.5) is 0 Å². The van der Waals surface area contributed by atoms with Crippen molar-refractivity contribution in [2.45, 2.75) is 64.3 Å². The summed E-state index contributed by atoms with van der Waals surface area (Å²) >= 11 is 0. The fourth-order valence-electron chi connectivity index (χ4n) is 3.94. The molecule has 2 aliphatic rings. The molecule has 3 rings (SSSR count). The highest BCUT2D eigenvalue weighted by Crippen LogP contribution is 2.26. The standard InChI is InChI=1S/C19H30N4O2/c1-2-3-10-22-14-9-20-19(22)16-6-4-12-23(15-16)18(25)8-13-21-11-5-7-17(21)24/h9,14,16H,2-8,10-13,15H2,1H3/t16-/m0/s1. The van der Waals surface area contributed by atoms with Crippen LogP contribution in [0, 0.1) is 0 Å². The number of hydrogen-bond acceptors (Lipinski definition) is 3. The van der Waals surface area contributed by atoms with Crippen molar-refractivity contribution in [1.29, 1.82) is 0 Å². The summed E-state index contributed by atoms with van der Waals surface area (Å²) in [6.45, 7) is 6.18. The molecule has 3 heterocycles. The number of piperidine rings is 1. The van der Waals surface area contributed by atoms with Gasteiger partial charge in [0.1, 0.15) is 5.82 Å². The number of unbranched alkanes of at least 4 members (excludes halogenated alkanes) is 1. The van der Waals surface area contributed by atoms with Crippen molar-refractivity contribution in [3.05, 3.63) is 18.2 Å². The van der Waals surface area contributed by atoms with Crippen molar-refractivity contribution in [1.82, 2.24) is 19.4 Å². The Morgan fingerprint density at radius 1 is 1.28 bits per heavy atom. The molecule has 2 amide bonds. The quantitative estimate of drug-likeness (QED) is 0.762. The van der Waals surface area contributed by atoms with E-state index in [9.17, 15) is 9.59 Å². The van der Waals surface area contributed by atoms with Gasteiger partial charge in [0.05, 0.1) is 0 Å². The summed E-state index contributed by atoms with van der Waals surface area (Å²) in [5, 5.41) is 0. The Bertz CT molecular complexity index is 598. The molecule has 0 saturated carbocycles. The molecule has 1 aromatic heterocycles. The van der Waals surface area contributed by atoms with Gasteiger partial charge in [0.25, 0.3) is 0 Å². The molecule has 0 N–H and O–H groups in total. The molecule has 0 bridgehead atoms. The fourth-order valence-corrected chi connectivity index (χ4v) is 3.94. The first-order valence-electron chi connectivity index (χ1n) is 9.75. The van der Waals surface area contributed by atoms with Crippen molar-refractivity contribution < 1.29 is 9.59 Å². The molecular formula is C19H30N4O2. The van der Waals surface area contributed by atoms with Crippen LogP contribution in [0.1, 0.15) is 63.6 Å². The number of aromatic nitrogens is 2. The number of hydrogen-bond donors (Lipinski definition) is 0. The predicted molar refractivity (Wildman–Crippen MR) is 96.1 cm³/mol. The first-order chi connectivity index (χ1) is 12.2. The maximum Gasteiger partial charge on any atom is 0.224 e. The largest absolute Gasteiger partial charge is 0.342 e. The first-order valence-corrected chi connectivity index (χ1v) is 9.75. The summed E-state index contributed by atoms with van der Waals surface area (Å²) in [6.07, 6.45) is 10.4. The van der Waals surface area contributed by atoms with E-state index in [4.69, 9.17) is 0 Å². The van der Waals surface area contributed by atoms with Gasteiger partial charge in [-0.25, -0.2) is 4.98 Å². The van der Waals surface area contributed by atoms with E-state index in [-0.39, 0.29) is 11.8 Å². The van der Waals surface area contributed by atoms with Gasteiger partial charge >= 0.3 is 0 Å². The minimum absolute atomic E-state index is 0.177. The summed E-state index contributed by atoms with van der Waals surface area (Å²) < 4.78 is 2.26. The predicted octanol–water partition coefficient (Wildman–Crippen LogP) is 2.40. The van der Waals surface area contributed by atoms with Crippen LogP contribution in [-0.2, 0) is 16.1 Å². The smallest absolute Gasteiger partial charge is 0.224 e. The van der Waals surface area contributed by atoms with Gasteiger partial charge in [0.2, 0.25) is 11.8 Å². The molecule has 0 spiro atoms. The van der Waals surface area contributed by atoms with E-state index in [1.54, 1.807) is 0 Å². The number of rotatable bonds is 7. The van der Waals surface area contributed by atoms with Crippen molar-refractivity contribution in [3.8, 4) is 0 Å². The van der Waals surface area contributed by atoms with Gasteiger partial charge in [0, 0.05) is 63.9 Å². The Balaban J connectivity index is 1.54. The molecule has 0 aliphatic carbocycles. The molecule has 25 heavy (non-hydrogen) atoms. The number of likely N-dealkylation sites (tertiary alicyclic amines) is 2. The highest BCUT2D eigenvalue weighted by atomic mass is 16.2. The molecule has 6 nitrogen and oxygen atoms in total.